The summed E-state index contributed by atoms with van der Waals surface area (Å²) < 4.78 is 16.5. The summed E-state index contributed by atoms with van der Waals surface area (Å²) in [4.78, 5) is 26.7. The summed E-state index contributed by atoms with van der Waals surface area (Å²) in [6, 6.07) is 5.10. The van der Waals surface area contributed by atoms with E-state index in [2.05, 4.69) is 5.32 Å². The Labute approximate surface area is 160 Å². The number of benzene rings is 1. The highest BCUT2D eigenvalue weighted by Gasteiger charge is 2.30. The number of likely N-dealkylation sites (tertiary alicyclic amines) is 1. The lowest BCUT2D eigenvalue weighted by Gasteiger charge is -2.36. The average Bonchev–Trinajstić information content (AvgIpc) is 2.64. The second-order valence-electron chi connectivity index (χ2n) is 7.89. The number of rotatable bonds is 3. The first-order valence-corrected chi connectivity index (χ1v) is 9.51. The number of nitrogens with zero attached hydrogens (tertiary/aromatic N) is 1. The molecule has 0 aliphatic carbocycles. The SMILES string of the molecule is CC(C)(C)OC(=O)N1CCCC[C@@H]1CNC(=O)c1ccc2c(c1)OCCO2. The third-order valence-corrected chi connectivity index (χ3v) is 4.56. The molecule has 1 aromatic carbocycles. The fourth-order valence-electron chi connectivity index (χ4n) is 3.27. The molecule has 2 aliphatic heterocycles. The maximum absolute atomic E-state index is 12.5. The lowest BCUT2D eigenvalue weighted by molar-refractivity contribution is 0.00986. The summed E-state index contributed by atoms with van der Waals surface area (Å²) in [5.74, 6) is 1.05. The second kappa shape index (κ2) is 8.06. The van der Waals surface area contributed by atoms with Crippen molar-refractivity contribution in [1.29, 1.82) is 0 Å². The predicted molar refractivity (Wildman–Crippen MR) is 100 cm³/mol. The molecule has 2 amide bonds. The summed E-state index contributed by atoms with van der Waals surface area (Å²) in [5.41, 5.74) is -0.0213. The number of carbonyl (C=O) groups is 2. The molecule has 3 rings (SSSR count). The van der Waals surface area contributed by atoms with E-state index in [1.54, 1.807) is 23.1 Å². The molecule has 1 aromatic rings. The van der Waals surface area contributed by atoms with E-state index in [0.717, 1.165) is 19.3 Å². The van der Waals surface area contributed by atoms with Gasteiger partial charge in [0.1, 0.15) is 18.8 Å². The van der Waals surface area contributed by atoms with Gasteiger partial charge in [-0.3, -0.25) is 4.79 Å². The highest BCUT2D eigenvalue weighted by molar-refractivity contribution is 5.95. The Bertz CT molecular complexity index is 698. The van der Waals surface area contributed by atoms with Gasteiger partial charge in [0.05, 0.1) is 6.04 Å². The lowest BCUT2D eigenvalue weighted by atomic mass is 10.0. The van der Waals surface area contributed by atoms with Crippen LogP contribution in [-0.2, 0) is 4.74 Å². The molecule has 0 saturated carbocycles. The van der Waals surface area contributed by atoms with Crippen LogP contribution in [0, 0.1) is 0 Å². The van der Waals surface area contributed by atoms with Crippen LogP contribution in [0.1, 0.15) is 50.4 Å². The van der Waals surface area contributed by atoms with Crippen molar-refractivity contribution in [2.45, 2.75) is 51.7 Å². The Morgan fingerprint density at radius 1 is 1.19 bits per heavy atom. The van der Waals surface area contributed by atoms with Gasteiger partial charge in [-0.2, -0.15) is 0 Å². The smallest absolute Gasteiger partial charge is 0.410 e. The van der Waals surface area contributed by atoms with E-state index in [1.807, 2.05) is 20.8 Å². The number of piperidine rings is 1. The first kappa shape index (κ1) is 19.3. The molecular weight excluding hydrogens is 348 g/mol. The molecule has 1 saturated heterocycles. The molecule has 2 heterocycles. The molecule has 1 N–H and O–H groups in total. The number of amides is 2. The van der Waals surface area contributed by atoms with Gasteiger partial charge >= 0.3 is 6.09 Å². The van der Waals surface area contributed by atoms with E-state index in [9.17, 15) is 9.59 Å². The van der Waals surface area contributed by atoms with Gasteiger partial charge < -0.3 is 24.4 Å². The zero-order chi connectivity index (χ0) is 19.4. The fraction of sp³-hybridized carbons (Fsp3) is 0.600. The highest BCUT2D eigenvalue weighted by Crippen LogP contribution is 2.30. The zero-order valence-electron chi connectivity index (χ0n) is 16.2. The number of ether oxygens (including phenoxy) is 3. The molecule has 7 heteroatoms. The quantitative estimate of drug-likeness (QED) is 0.878. The van der Waals surface area contributed by atoms with Crippen molar-refractivity contribution >= 4 is 12.0 Å². The van der Waals surface area contributed by atoms with Crippen molar-refractivity contribution in [2.24, 2.45) is 0 Å². The molecule has 0 unspecified atom stereocenters. The summed E-state index contributed by atoms with van der Waals surface area (Å²) in [5, 5.41) is 2.94. The summed E-state index contributed by atoms with van der Waals surface area (Å²) in [7, 11) is 0. The molecule has 148 valence electrons. The number of nitrogens with one attached hydrogen (secondary N) is 1. The van der Waals surface area contributed by atoms with Crippen LogP contribution in [0.5, 0.6) is 11.5 Å². The average molecular weight is 376 g/mol. The van der Waals surface area contributed by atoms with Crippen molar-refractivity contribution in [3.8, 4) is 11.5 Å². The third kappa shape index (κ3) is 5.05. The second-order valence-corrected chi connectivity index (χ2v) is 7.89. The van der Waals surface area contributed by atoms with E-state index >= 15 is 0 Å². The first-order chi connectivity index (χ1) is 12.8. The molecule has 0 aromatic heterocycles. The molecule has 1 atom stereocenters. The van der Waals surface area contributed by atoms with Gasteiger partial charge in [-0.15, -0.1) is 0 Å². The lowest BCUT2D eigenvalue weighted by Crippen LogP contribution is -2.50. The third-order valence-electron chi connectivity index (χ3n) is 4.56. The van der Waals surface area contributed by atoms with E-state index in [-0.39, 0.29) is 18.0 Å². The Morgan fingerprint density at radius 2 is 1.93 bits per heavy atom. The Balaban J connectivity index is 1.60. The van der Waals surface area contributed by atoms with Gasteiger partial charge in [0.25, 0.3) is 5.91 Å². The van der Waals surface area contributed by atoms with Gasteiger partial charge in [0.15, 0.2) is 11.5 Å². The predicted octanol–water partition coefficient (Wildman–Crippen LogP) is 2.98. The van der Waals surface area contributed by atoms with Gasteiger partial charge in [-0.25, -0.2) is 4.79 Å². The molecule has 27 heavy (non-hydrogen) atoms. The number of carbonyl (C=O) groups excluding carboxylic acids is 2. The maximum Gasteiger partial charge on any atom is 0.410 e. The van der Waals surface area contributed by atoms with Crippen molar-refractivity contribution in [1.82, 2.24) is 10.2 Å². The van der Waals surface area contributed by atoms with Crippen LogP contribution >= 0.6 is 0 Å². The maximum atomic E-state index is 12.5. The van der Waals surface area contributed by atoms with E-state index in [1.165, 1.54) is 0 Å². The van der Waals surface area contributed by atoms with Crippen LogP contribution in [0.4, 0.5) is 4.79 Å². The van der Waals surface area contributed by atoms with Crippen LogP contribution in [-0.4, -0.2) is 54.8 Å². The van der Waals surface area contributed by atoms with E-state index in [4.69, 9.17) is 14.2 Å². The first-order valence-electron chi connectivity index (χ1n) is 9.51. The Hall–Kier alpha value is -2.44. The Morgan fingerprint density at radius 3 is 2.67 bits per heavy atom. The standard InChI is InChI=1S/C20H28N2O5/c1-20(2,3)27-19(24)22-9-5-4-6-15(22)13-21-18(23)14-7-8-16-17(12-14)26-11-10-25-16/h7-8,12,15H,4-6,9-11,13H2,1-3H3,(H,21,23)/t15-/m1/s1. The molecule has 0 bridgehead atoms. The van der Waals surface area contributed by atoms with Gasteiger partial charge in [0.2, 0.25) is 0 Å². The number of hydrogen-bond donors (Lipinski definition) is 1. The summed E-state index contributed by atoms with van der Waals surface area (Å²) in [6.07, 6.45) is 2.51. The normalized spacial score (nSPS) is 19.4. The number of hydrogen-bond acceptors (Lipinski definition) is 5. The Kier molecular flexibility index (Phi) is 5.77. The van der Waals surface area contributed by atoms with Crippen LogP contribution < -0.4 is 14.8 Å². The minimum Gasteiger partial charge on any atom is -0.486 e. The van der Waals surface area contributed by atoms with Gasteiger partial charge in [-0.05, 0) is 58.2 Å². The van der Waals surface area contributed by atoms with Crippen LogP contribution in [0.25, 0.3) is 0 Å². The van der Waals surface area contributed by atoms with Crippen molar-refractivity contribution < 1.29 is 23.8 Å². The fourth-order valence-corrected chi connectivity index (χ4v) is 3.27. The molecule has 0 spiro atoms. The molecule has 7 nitrogen and oxygen atoms in total. The highest BCUT2D eigenvalue weighted by atomic mass is 16.6. The van der Waals surface area contributed by atoms with Gasteiger partial charge in [-0.1, -0.05) is 0 Å². The summed E-state index contributed by atoms with van der Waals surface area (Å²) in [6.45, 7) is 7.60. The number of fused-ring (bicyclic) bond motifs is 1. The topological polar surface area (TPSA) is 77.1 Å². The van der Waals surface area contributed by atoms with E-state index in [0.29, 0.717) is 43.4 Å². The van der Waals surface area contributed by atoms with Gasteiger partial charge in [0, 0.05) is 18.7 Å². The van der Waals surface area contributed by atoms with Crippen LogP contribution in [0.3, 0.4) is 0 Å². The minimum atomic E-state index is -0.534. The van der Waals surface area contributed by atoms with E-state index < -0.39 is 5.60 Å². The van der Waals surface area contributed by atoms with Crippen molar-refractivity contribution in [2.75, 3.05) is 26.3 Å². The molecule has 2 aliphatic rings. The van der Waals surface area contributed by atoms with Crippen molar-refractivity contribution in [3.05, 3.63) is 23.8 Å². The molecular formula is C20H28N2O5. The monoisotopic (exact) mass is 376 g/mol. The van der Waals surface area contributed by atoms with Crippen LogP contribution in [0.15, 0.2) is 18.2 Å². The minimum absolute atomic E-state index is 0.0604. The van der Waals surface area contributed by atoms with Crippen LogP contribution in [0.2, 0.25) is 0 Å². The molecule has 1 fully saturated rings. The van der Waals surface area contributed by atoms with Crippen molar-refractivity contribution in [3.63, 3.8) is 0 Å². The largest absolute Gasteiger partial charge is 0.486 e. The summed E-state index contributed by atoms with van der Waals surface area (Å²) >= 11 is 0. The zero-order valence-corrected chi connectivity index (χ0v) is 16.2. The molecule has 0 radical (unpaired) electrons.